The molecule has 0 heterocycles. The van der Waals surface area contributed by atoms with Crippen LogP contribution in [0.4, 0.5) is 0 Å². The van der Waals surface area contributed by atoms with Crippen molar-refractivity contribution in [3.63, 3.8) is 0 Å². The molecular weight excluding hydrogens is 204 g/mol. The Labute approximate surface area is 93.4 Å². The molecule has 1 aromatic carbocycles. The maximum absolute atomic E-state index is 11.8. The Morgan fingerprint density at radius 2 is 1.81 bits per heavy atom. The number of rotatable bonds is 1. The number of aliphatic hydroxyl groups is 1. The monoisotopic (exact) mass is 216 g/mol. The van der Waals surface area contributed by atoms with Crippen LogP contribution in [0, 0.1) is 0 Å². The minimum Gasteiger partial charge on any atom is -0.382 e. The summed E-state index contributed by atoms with van der Waals surface area (Å²) in [6.45, 7) is 1.37. The minimum atomic E-state index is -1.55. The van der Waals surface area contributed by atoms with Gasteiger partial charge in [0.15, 0.2) is 11.6 Å². The van der Waals surface area contributed by atoms with Crippen molar-refractivity contribution in [2.24, 2.45) is 0 Å². The van der Waals surface area contributed by atoms with E-state index in [4.69, 9.17) is 0 Å². The number of carbonyl (C=O) groups excluding carboxylic acids is 2. The van der Waals surface area contributed by atoms with Gasteiger partial charge < -0.3 is 5.11 Å². The predicted molar refractivity (Wildman–Crippen MR) is 59.7 cm³/mol. The normalized spacial score (nSPS) is 25.5. The SMILES string of the molecule is C[C@@]1(O)CC(=O)C(c2ccccc2)=CC1=O. The lowest BCUT2D eigenvalue weighted by Gasteiger charge is -2.24. The fourth-order valence-electron chi connectivity index (χ4n) is 1.72. The highest BCUT2D eigenvalue weighted by Crippen LogP contribution is 2.27. The molecule has 1 N–H and O–H groups in total. The van der Waals surface area contributed by atoms with E-state index >= 15 is 0 Å². The maximum Gasteiger partial charge on any atom is 0.188 e. The molecule has 0 radical (unpaired) electrons. The molecule has 1 aliphatic carbocycles. The molecule has 16 heavy (non-hydrogen) atoms. The fraction of sp³-hybridized carbons (Fsp3) is 0.231. The highest BCUT2D eigenvalue weighted by molar-refractivity contribution is 6.29. The Hall–Kier alpha value is -1.74. The summed E-state index contributed by atoms with van der Waals surface area (Å²) in [5.41, 5.74) is -0.441. The Morgan fingerprint density at radius 1 is 1.19 bits per heavy atom. The van der Waals surface area contributed by atoms with Crippen molar-refractivity contribution in [1.82, 2.24) is 0 Å². The molecule has 0 saturated heterocycles. The van der Waals surface area contributed by atoms with Gasteiger partial charge in [-0.2, -0.15) is 0 Å². The Kier molecular flexibility index (Phi) is 2.48. The zero-order valence-electron chi connectivity index (χ0n) is 8.93. The van der Waals surface area contributed by atoms with E-state index in [1.54, 1.807) is 24.3 Å². The number of carbonyl (C=O) groups is 2. The average molecular weight is 216 g/mol. The Balaban J connectivity index is 2.44. The van der Waals surface area contributed by atoms with E-state index in [0.29, 0.717) is 5.57 Å². The van der Waals surface area contributed by atoms with Crippen LogP contribution in [0.15, 0.2) is 36.4 Å². The number of hydrogen-bond acceptors (Lipinski definition) is 3. The van der Waals surface area contributed by atoms with Gasteiger partial charge in [-0.3, -0.25) is 9.59 Å². The van der Waals surface area contributed by atoms with Crippen LogP contribution in [0.25, 0.3) is 5.57 Å². The summed E-state index contributed by atoms with van der Waals surface area (Å²) in [6.07, 6.45) is 1.09. The highest BCUT2D eigenvalue weighted by Gasteiger charge is 2.37. The number of allylic oxidation sites excluding steroid dienone is 1. The van der Waals surface area contributed by atoms with Crippen molar-refractivity contribution in [2.45, 2.75) is 18.9 Å². The van der Waals surface area contributed by atoms with Gasteiger partial charge in [0.1, 0.15) is 5.60 Å². The van der Waals surface area contributed by atoms with E-state index in [2.05, 4.69) is 0 Å². The second-order valence-corrected chi connectivity index (χ2v) is 4.16. The van der Waals surface area contributed by atoms with E-state index in [0.717, 1.165) is 5.56 Å². The molecule has 0 bridgehead atoms. The van der Waals surface area contributed by atoms with Crippen molar-refractivity contribution in [1.29, 1.82) is 0 Å². The van der Waals surface area contributed by atoms with Crippen molar-refractivity contribution in [3.05, 3.63) is 42.0 Å². The standard InChI is InChI=1S/C13H12O3/c1-13(16)8-11(14)10(7-12(13)15)9-5-3-2-4-6-9/h2-7,16H,8H2,1H3/t13-/m1/s1. The average Bonchev–Trinajstić information content (AvgIpc) is 2.24. The third-order valence-corrected chi connectivity index (χ3v) is 2.70. The first kappa shape index (κ1) is 10.8. The number of benzene rings is 1. The van der Waals surface area contributed by atoms with E-state index < -0.39 is 11.4 Å². The maximum atomic E-state index is 11.8. The summed E-state index contributed by atoms with van der Waals surface area (Å²) in [4.78, 5) is 23.3. The highest BCUT2D eigenvalue weighted by atomic mass is 16.3. The third kappa shape index (κ3) is 1.82. The summed E-state index contributed by atoms with van der Waals surface area (Å²) in [6, 6.07) is 9.00. The molecule has 0 saturated carbocycles. The second kappa shape index (κ2) is 3.68. The first-order valence-corrected chi connectivity index (χ1v) is 5.08. The van der Waals surface area contributed by atoms with Crippen molar-refractivity contribution in [2.75, 3.05) is 0 Å². The molecule has 0 aliphatic heterocycles. The smallest absolute Gasteiger partial charge is 0.188 e. The lowest BCUT2D eigenvalue weighted by atomic mass is 9.82. The Bertz CT molecular complexity index is 469. The molecule has 0 unspecified atom stereocenters. The Morgan fingerprint density at radius 3 is 2.44 bits per heavy atom. The van der Waals surface area contributed by atoms with E-state index in [1.165, 1.54) is 13.0 Å². The summed E-state index contributed by atoms with van der Waals surface area (Å²) >= 11 is 0. The van der Waals surface area contributed by atoms with Crippen LogP contribution in [0.1, 0.15) is 18.9 Å². The van der Waals surface area contributed by atoms with Crippen LogP contribution in [-0.2, 0) is 9.59 Å². The lowest BCUT2D eigenvalue weighted by molar-refractivity contribution is -0.136. The van der Waals surface area contributed by atoms with Gasteiger partial charge in [0.25, 0.3) is 0 Å². The number of ketones is 2. The summed E-state index contributed by atoms with van der Waals surface area (Å²) in [5.74, 6) is -0.609. The van der Waals surface area contributed by atoms with E-state index in [9.17, 15) is 14.7 Å². The molecule has 2 rings (SSSR count). The van der Waals surface area contributed by atoms with Crippen LogP contribution in [-0.4, -0.2) is 22.3 Å². The van der Waals surface area contributed by atoms with Gasteiger partial charge >= 0.3 is 0 Å². The molecule has 0 amide bonds. The predicted octanol–water partition coefficient (Wildman–Crippen LogP) is 1.36. The molecular formula is C13H12O3. The molecule has 1 aromatic rings. The molecule has 1 atom stereocenters. The minimum absolute atomic E-state index is 0.146. The quantitative estimate of drug-likeness (QED) is 0.771. The van der Waals surface area contributed by atoms with Crippen molar-refractivity contribution < 1.29 is 14.7 Å². The van der Waals surface area contributed by atoms with Crippen LogP contribution < -0.4 is 0 Å². The summed E-state index contributed by atoms with van der Waals surface area (Å²) in [5, 5.41) is 9.66. The lowest BCUT2D eigenvalue weighted by Crippen LogP contribution is -2.40. The molecule has 1 aliphatic rings. The van der Waals surface area contributed by atoms with Crippen molar-refractivity contribution >= 4 is 17.1 Å². The van der Waals surface area contributed by atoms with Crippen LogP contribution in [0.3, 0.4) is 0 Å². The van der Waals surface area contributed by atoms with Gasteiger partial charge in [0, 0.05) is 12.0 Å². The first-order valence-electron chi connectivity index (χ1n) is 5.08. The zero-order chi connectivity index (χ0) is 11.8. The zero-order valence-corrected chi connectivity index (χ0v) is 8.93. The van der Waals surface area contributed by atoms with Gasteiger partial charge in [-0.25, -0.2) is 0 Å². The molecule has 0 spiro atoms. The van der Waals surface area contributed by atoms with Gasteiger partial charge in [-0.1, -0.05) is 30.3 Å². The summed E-state index contributed by atoms with van der Waals surface area (Å²) < 4.78 is 0. The third-order valence-electron chi connectivity index (χ3n) is 2.70. The number of hydrogen-bond donors (Lipinski definition) is 1. The van der Waals surface area contributed by atoms with Gasteiger partial charge in [0.05, 0.1) is 0 Å². The largest absolute Gasteiger partial charge is 0.382 e. The topological polar surface area (TPSA) is 54.4 Å². The molecule has 0 fully saturated rings. The number of Topliss-reactive ketones (excluding diaryl/α,β-unsaturated/α-hetero) is 1. The van der Waals surface area contributed by atoms with Crippen molar-refractivity contribution in [3.8, 4) is 0 Å². The van der Waals surface area contributed by atoms with Crippen LogP contribution in [0.5, 0.6) is 0 Å². The molecule has 3 nitrogen and oxygen atoms in total. The van der Waals surface area contributed by atoms with Crippen LogP contribution >= 0.6 is 0 Å². The van der Waals surface area contributed by atoms with E-state index in [1.807, 2.05) is 6.07 Å². The molecule has 3 heteroatoms. The summed E-state index contributed by atoms with van der Waals surface area (Å²) in [7, 11) is 0. The molecule has 82 valence electrons. The van der Waals surface area contributed by atoms with Gasteiger partial charge in [0.2, 0.25) is 0 Å². The molecule has 0 aromatic heterocycles. The van der Waals surface area contributed by atoms with Gasteiger partial charge in [-0.05, 0) is 18.6 Å². The van der Waals surface area contributed by atoms with Crippen LogP contribution in [0.2, 0.25) is 0 Å². The first-order chi connectivity index (χ1) is 7.50. The fourth-order valence-corrected chi connectivity index (χ4v) is 1.72. The second-order valence-electron chi connectivity index (χ2n) is 4.16. The van der Waals surface area contributed by atoms with Gasteiger partial charge in [-0.15, -0.1) is 0 Å². The van der Waals surface area contributed by atoms with E-state index in [-0.39, 0.29) is 12.2 Å².